The van der Waals surface area contributed by atoms with E-state index < -0.39 is 18.2 Å². The van der Waals surface area contributed by atoms with Crippen molar-refractivity contribution in [3.63, 3.8) is 0 Å². The highest BCUT2D eigenvalue weighted by Gasteiger charge is 2.35. The largest absolute Gasteiger partial charge is 0.391 e. The summed E-state index contributed by atoms with van der Waals surface area (Å²) in [5.74, 6) is -1.30. The van der Waals surface area contributed by atoms with E-state index in [1.807, 2.05) is 6.07 Å². The van der Waals surface area contributed by atoms with E-state index in [0.29, 0.717) is 12.8 Å². The van der Waals surface area contributed by atoms with Gasteiger partial charge in [-0.1, -0.05) is 37.3 Å². The Morgan fingerprint density at radius 2 is 1.71 bits per heavy atom. The zero-order valence-corrected chi connectivity index (χ0v) is 9.74. The molecule has 0 aliphatic rings. The number of aliphatic hydroxyl groups is 1. The van der Waals surface area contributed by atoms with E-state index in [0.717, 1.165) is 5.56 Å². The molecule has 96 valence electrons. The molecule has 1 nitrogen and oxygen atoms in total. The number of benzene rings is 1. The first kappa shape index (κ1) is 14.0. The van der Waals surface area contributed by atoms with Gasteiger partial charge in [-0.25, -0.2) is 0 Å². The molecular weight excluding hydrogens is 229 g/mol. The van der Waals surface area contributed by atoms with E-state index in [1.54, 1.807) is 24.3 Å². The lowest BCUT2D eigenvalue weighted by Crippen LogP contribution is -2.19. The summed E-state index contributed by atoms with van der Waals surface area (Å²) in [6.07, 6.45) is -4.00. The lowest BCUT2D eigenvalue weighted by molar-refractivity contribution is -0.171. The number of aliphatic hydroxyl groups excluding tert-OH is 1. The van der Waals surface area contributed by atoms with E-state index >= 15 is 0 Å². The second-order valence-electron chi connectivity index (χ2n) is 4.30. The Morgan fingerprint density at radius 1 is 1.12 bits per heavy atom. The van der Waals surface area contributed by atoms with Gasteiger partial charge < -0.3 is 5.11 Å². The molecule has 0 amide bonds. The summed E-state index contributed by atoms with van der Waals surface area (Å²) >= 11 is 0. The zero-order chi connectivity index (χ0) is 12.9. The maximum Gasteiger partial charge on any atom is 0.391 e. The third-order valence-electron chi connectivity index (χ3n) is 2.86. The van der Waals surface area contributed by atoms with Gasteiger partial charge in [-0.2, -0.15) is 13.2 Å². The van der Waals surface area contributed by atoms with Gasteiger partial charge in [-0.3, -0.25) is 0 Å². The van der Waals surface area contributed by atoms with Crippen LogP contribution >= 0.6 is 0 Å². The Hall–Kier alpha value is -1.03. The summed E-state index contributed by atoms with van der Waals surface area (Å²) in [4.78, 5) is 0. The molecule has 0 bridgehead atoms. The van der Waals surface area contributed by atoms with Crippen molar-refractivity contribution < 1.29 is 18.3 Å². The molecule has 0 spiro atoms. The number of rotatable bonds is 5. The fourth-order valence-corrected chi connectivity index (χ4v) is 1.62. The standard InChI is InChI=1S/C13H17F3O/c1-10(13(14,15)16)6-5-9-12(17)11-7-3-2-4-8-11/h2-4,7-8,10,12,17H,5-6,9H2,1H3. The Balaban J connectivity index is 2.33. The zero-order valence-electron chi connectivity index (χ0n) is 9.74. The molecule has 1 N–H and O–H groups in total. The summed E-state index contributed by atoms with van der Waals surface area (Å²) in [6, 6.07) is 8.99. The smallest absolute Gasteiger partial charge is 0.388 e. The van der Waals surface area contributed by atoms with Crippen LogP contribution in [-0.2, 0) is 0 Å². The maximum absolute atomic E-state index is 12.2. The first-order valence-corrected chi connectivity index (χ1v) is 5.71. The lowest BCUT2D eigenvalue weighted by atomic mass is 9.99. The van der Waals surface area contributed by atoms with Crippen molar-refractivity contribution in [1.82, 2.24) is 0 Å². The molecule has 1 aromatic rings. The molecule has 1 aromatic carbocycles. The Morgan fingerprint density at radius 3 is 2.24 bits per heavy atom. The third kappa shape index (κ3) is 4.77. The molecule has 0 aliphatic carbocycles. The average Bonchev–Trinajstić information content (AvgIpc) is 2.28. The summed E-state index contributed by atoms with van der Waals surface area (Å²) < 4.78 is 36.7. The monoisotopic (exact) mass is 246 g/mol. The topological polar surface area (TPSA) is 20.2 Å². The van der Waals surface area contributed by atoms with Gasteiger partial charge in [-0.15, -0.1) is 0 Å². The first-order chi connectivity index (χ1) is 7.91. The highest BCUT2D eigenvalue weighted by molar-refractivity contribution is 5.16. The SMILES string of the molecule is CC(CCCC(O)c1ccccc1)C(F)(F)F. The van der Waals surface area contributed by atoms with E-state index in [-0.39, 0.29) is 6.42 Å². The fourth-order valence-electron chi connectivity index (χ4n) is 1.62. The second kappa shape index (κ2) is 6.05. The predicted octanol–water partition coefficient (Wildman–Crippen LogP) is 4.09. The van der Waals surface area contributed by atoms with Crippen LogP contribution in [0, 0.1) is 5.92 Å². The highest BCUT2D eigenvalue weighted by atomic mass is 19.4. The van der Waals surface area contributed by atoms with Gasteiger partial charge >= 0.3 is 6.18 Å². The van der Waals surface area contributed by atoms with Crippen molar-refractivity contribution in [2.45, 2.75) is 38.5 Å². The molecule has 2 unspecified atom stereocenters. The summed E-state index contributed by atoms with van der Waals surface area (Å²) in [6.45, 7) is 1.18. The number of halogens is 3. The third-order valence-corrected chi connectivity index (χ3v) is 2.86. The van der Waals surface area contributed by atoms with Crippen LogP contribution in [0.15, 0.2) is 30.3 Å². The molecule has 0 radical (unpaired) electrons. The summed E-state index contributed by atoms with van der Waals surface area (Å²) in [5.41, 5.74) is 0.757. The molecule has 0 heterocycles. The Labute approximate surface area is 99.3 Å². The molecule has 0 aromatic heterocycles. The van der Waals surface area contributed by atoms with Gasteiger partial charge in [0, 0.05) is 0 Å². The number of hydrogen-bond acceptors (Lipinski definition) is 1. The number of alkyl halides is 3. The van der Waals surface area contributed by atoms with E-state index in [2.05, 4.69) is 0 Å². The van der Waals surface area contributed by atoms with Gasteiger partial charge in [-0.05, 0) is 24.8 Å². The summed E-state index contributed by atoms with van der Waals surface area (Å²) in [7, 11) is 0. The van der Waals surface area contributed by atoms with Crippen molar-refractivity contribution in [1.29, 1.82) is 0 Å². The highest BCUT2D eigenvalue weighted by Crippen LogP contribution is 2.30. The molecule has 1 rings (SSSR count). The Bertz CT molecular complexity index is 321. The van der Waals surface area contributed by atoms with Crippen molar-refractivity contribution in [3.05, 3.63) is 35.9 Å². The summed E-state index contributed by atoms with van der Waals surface area (Å²) in [5, 5.41) is 9.75. The molecule has 0 aliphatic heterocycles. The molecule has 4 heteroatoms. The minimum Gasteiger partial charge on any atom is -0.388 e. The minimum atomic E-state index is -4.13. The molecule has 17 heavy (non-hydrogen) atoms. The molecule has 0 saturated carbocycles. The molecule has 0 saturated heterocycles. The Kier molecular flexibility index (Phi) is 5.00. The quantitative estimate of drug-likeness (QED) is 0.829. The van der Waals surface area contributed by atoms with Crippen LogP contribution in [0.4, 0.5) is 13.2 Å². The van der Waals surface area contributed by atoms with Crippen molar-refractivity contribution in [2.75, 3.05) is 0 Å². The first-order valence-electron chi connectivity index (χ1n) is 5.71. The predicted molar refractivity (Wildman–Crippen MR) is 60.5 cm³/mol. The van der Waals surface area contributed by atoms with Crippen LogP contribution in [0.3, 0.4) is 0 Å². The van der Waals surface area contributed by atoms with Gasteiger partial charge in [0.05, 0.1) is 12.0 Å². The molecule has 2 atom stereocenters. The minimum absolute atomic E-state index is 0.0629. The normalized spacial score (nSPS) is 15.6. The van der Waals surface area contributed by atoms with E-state index in [1.165, 1.54) is 6.92 Å². The van der Waals surface area contributed by atoms with Gasteiger partial charge in [0.2, 0.25) is 0 Å². The van der Waals surface area contributed by atoms with E-state index in [9.17, 15) is 18.3 Å². The van der Waals surface area contributed by atoms with E-state index in [4.69, 9.17) is 0 Å². The van der Waals surface area contributed by atoms with Crippen LogP contribution in [0.25, 0.3) is 0 Å². The molecule has 0 fully saturated rings. The maximum atomic E-state index is 12.2. The van der Waals surface area contributed by atoms with Crippen LogP contribution in [-0.4, -0.2) is 11.3 Å². The average molecular weight is 246 g/mol. The van der Waals surface area contributed by atoms with Gasteiger partial charge in [0.1, 0.15) is 0 Å². The van der Waals surface area contributed by atoms with Crippen molar-refractivity contribution >= 4 is 0 Å². The van der Waals surface area contributed by atoms with Crippen LogP contribution in [0.1, 0.15) is 37.9 Å². The van der Waals surface area contributed by atoms with Gasteiger partial charge in [0.15, 0.2) is 0 Å². The number of hydrogen-bond donors (Lipinski definition) is 1. The van der Waals surface area contributed by atoms with Crippen molar-refractivity contribution in [3.8, 4) is 0 Å². The lowest BCUT2D eigenvalue weighted by Gasteiger charge is -2.16. The van der Waals surface area contributed by atoms with Crippen molar-refractivity contribution in [2.24, 2.45) is 5.92 Å². The van der Waals surface area contributed by atoms with Crippen LogP contribution in [0.2, 0.25) is 0 Å². The second-order valence-corrected chi connectivity index (χ2v) is 4.30. The van der Waals surface area contributed by atoms with Gasteiger partial charge in [0.25, 0.3) is 0 Å². The fraction of sp³-hybridized carbons (Fsp3) is 0.538. The van der Waals surface area contributed by atoms with Crippen LogP contribution < -0.4 is 0 Å². The molecular formula is C13H17F3O. The van der Waals surface area contributed by atoms with Crippen LogP contribution in [0.5, 0.6) is 0 Å².